The summed E-state index contributed by atoms with van der Waals surface area (Å²) < 4.78 is 13.8. The molecule has 3 aromatic rings. The second-order valence-corrected chi connectivity index (χ2v) is 5.40. The van der Waals surface area contributed by atoms with E-state index in [9.17, 15) is 4.39 Å². The minimum absolute atomic E-state index is 0.284. The second kappa shape index (κ2) is 5.80. The predicted octanol–water partition coefficient (Wildman–Crippen LogP) is 4.27. The number of nitrogens with zero attached hydrogens (tertiary/aromatic N) is 1. The monoisotopic (exact) mass is 300 g/mol. The lowest BCUT2D eigenvalue weighted by Crippen LogP contribution is -2.14. The van der Waals surface area contributed by atoms with E-state index in [0.29, 0.717) is 17.0 Å². The Morgan fingerprint density at radius 2 is 1.95 bits per heavy atom. The largest absolute Gasteiger partial charge is 0.324 e. The summed E-state index contributed by atoms with van der Waals surface area (Å²) in [5.74, 6) is -0.284. The molecule has 0 amide bonds. The minimum atomic E-state index is -0.314. The van der Waals surface area contributed by atoms with Gasteiger partial charge in [0.15, 0.2) is 0 Å². The molecule has 1 aromatic heterocycles. The van der Waals surface area contributed by atoms with Crippen LogP contribution in [0.4, 0.5) is 4.39 Å². The van der Waals surface area contributed by atoms with Crippen LogP contribution in [0.2, 0.25) is 5.02 Å². The summed E-state index contributed by atoms with van der Waals surface area (Å²) >= 11 is 5.92. The summed E-state index contributed by atoms with van der Waals surface area (Å²) in [4.78, 5) is 4.31. The number of pyridine rings is 1. The Labute approximate surface area is 127 Å². The van der Waals surface area contributed by atoms with Gasteiger partial charge in [-0.3, -0.25) is 4.98 Å². The van der Waals surface area contributed by atoms with Gasteiger partial charge in [0.25, 0.3) is 0 Å². The molecule has 0 radical (unpaired) electrons. The van der Waals surface area contributed by atoms with Crippen molar-refractivity contribution in [1.29, 1.82) is 0 Å². The number of hydrogen-bond donors (Lipinski definition) is 1. The van der Waals surface area contributed by atoms with Gasteiger partial charge in [0.1, 0.15) is 5.82 Å². The molecule has 106 valence electrons. The van der Waals surface area contributed by atoms with Gasteiger partial charge in [-0.15, -0.1) is 0 Å². The van der Waals surface area contributed by atoms with Crippen molar-refractivity contribution in [3.63, 3.8) is 0 Å². The Balaban J connectivity index is 1.97. The molecule has 0 aliphatic heterocycles. The van der Waals surface area contributed by atoms with Gasteiger partial charge in [0, 0.05) is 22.6 Å². The van der Waals surface area contributed by atoms with E-state index in [1.54, 1.807) is 12.3 Å². The van der Waals surface area contributed by atoms with Crippen LogP contribution in [0.15, 0.2) is 54.7 Å². The highest BCUT2D eigenvalue weighted by Crippen LogP contribution is 2.25. The van der Waals surface area contributed by atoms with Crippen molar-refractivity contribution in [1.82, 2.24) is 4.98 Å². The zero-order valence-corrected chi connectivity index (χ0v) is 12.0. The molecular formula is C17H14ClFN2. The summed E-state index contributed by atoms with van der Waals surface area (Å²) in [7, 11) is 0. The first kappa shape index (κ1) is 14.0. The molecule has 0 fully saturated rings. The fourth-order valence-corrected chi connectivity index (χ4v) is 2.68. The molecule has 3 rings (SSSR count). The lowest BCUT2D eigenvalue weighted by Gasteiger charge is -2.15. The third-order valence-corrected chi connectivity index (χ3v) is 3.76. The second-order valence-electron chi connectivity index (χ2n) is 4.96. The van der Waals surface area contributed by atoms with Crippen molar-refractivity contribution < 1.29 is 4.39 Å². The van der Waals surface area contributed by atoms with Crippen molar-refractivity contribution in [2.75, 3.05) is 0 Å². The Kier molecular flexibility index (Phi) is 3.86. The molecule has 0 spiro atoms. The van der Waals surface area contributed by atoms with E-state index in [-0.39, 0.29) is 11.9 Å². The molecule has 0 aliphatic rings. The van der Waals surface area contributed by atoms with E-state index in [0.717, 1.165) is 16.5 Å². The quantitative estimate of drug-likeness (QED) is 0.784. The first-order chi connectivity index (χ1) is 10.1. The summed E-state index contributed by atoms with van der Waals surface area (Å²) in [6.07, 6.45) is 2.12. The number of benzene rings is 2. The van der Waals surface area contributed by atoms with E-state index >= 15 is 0 Å². The van der Waals surface area contributed by atoms with Crippen molar-refractivity contribution in [2.45, 2.75) is 12.5 Å². The number of halogens is 2. The number of hydrogen-bond acceptors (Lipinski definition) is 2. The van der Waals surface area contributed by atoms with Gasteiger partial charge in [-0.25, -0.2) is 4.39 Å². The van der Waals surface area contributed by atoms with E-state index in [1.165, 1.54) is 12.1 Å². The van der Waals surface area contributed by atoms with Gasteiger partial charge >= 0.3 is 0 Å². The van der Waals surface area contributed by atoms with Crippen molar-refractivity contribution in [2.24, 2.45) is 5.73 Å². The molecule has 4 heteroatoms. The fourth-order valence-electron chi connectivity index (χ4n) is 2.49. The Bertz CT molecular complexity index is 783. The van der Waals surface area contributed by atoms with Crippen LogP contribution < -0.4 is 5.73 Å². The highest BCUT2D eigenvalue weighted by molar-refractivity contribution is 6.30. The van der Waals surface area contributed by atoms with Crippen LogP contribution >= 0.6 is 11.6 Å². The fraction of sp³-hybridized carbons (Fsp3) is 0.118. The van der Waals surface area contributed by atoms with Gasteiger partial charge in [0.05, 0.1) is 5.52 Å². The number of para-hydroxylation sites is 1. The Hall–Kier alpha value is -1.97. The van der Waals surface area contributed by atoms with Crippen molar-refractivity contribution >= 4 is 22.5 Å². The maximum absolute atomic E-state index is 13.8. The Morgan fingerprint density at radius 3 is 2.81 bits per heavy atom. The number of aromatic nitrogens is 1. The van der Waals surface area contributed by atoms with Gasteiger partial charge < -0.3 is 5.73 Å². The SMILES string of the molecule is NC(Cc1cc(Cl)ccc1F)c1ccnc2ccccc12. The summed E-state index contributed by atoms with van der Waals surface area (Å²) in [6, 6.07) is 13.9. The third-order valence-electron chi connectivity index (χ3n) is 3.53. The van der Waals surface area contributed by atoms with Crippen LogP contribution in [0.5, 0.6) is 0 Å². The maximum atomic E-state index is 13.8. The molecule has 1 unspecified atom stereocenters. The third kappa shape index (κ3) is 2.89. The topological polar surface area (TPSA) is 38.9 Å². The molecule has 2 N–H and O–H groups in total. The van der Waals surface area contributed by atoms with E-state index in [4.69, 9.17) is 17.3 Å². The summed E-state index contributed by atoms with van der Waals surface area (Å²) in [5.41, 5.74) is 8.64. The summed E-state index contributed by atoms with van der Waals surface area (Å²) in [5, 5.41) is 1.51. The average Bonchev–Trinajstić information content (AvgIpc) is 2.50. The maximum Gasteiger partial charge on any atom is 0.126 e. The van der Waals surface area contributed by atoms with Gasteiger partial charge in [-0.2, -0.15) is 0 Å². The zero-order valence-electron chi connectivity index (χ0n) is 11.3. The lowest BCUT2D eigenvalue weighted by molar-refractivity contribution is 0.594. The molecule has 1 heterocycles. The number of fused-ring (bicyclic) bond motifs is 1. The molecule has 2 nitrogen and oxygen atoms in total. The molecule has 2 aromatic carbocycles. The molecular weight excluding hydrogens is 287 g/mol. The molecule has 1 atom stereocenters. The normalized spacial score (nSPS) is 12.5. The molecule has 21 heavy (non-hydrogen) atoms. The van der Waals surface area contributed by atoms with Crippen LogP contribution in [-0.2, 0) is 6.42 Å². The molecule has 0 saturated carbocycles. The van der Waals surface area contributed by atoms with Gasteiger partial charge in [-0.1, -0.05) is 29.8 Å². The molecule has 0 saturated heterocycles. The van der Waals surface area contributed by atoms with Crippen molar-refractivity contribution in [3.8, 4) is 0 Å². The van der Waals surface area contributed by atoms with E-state index < -0.39 is 0 Å². The van der Waals surface area contributed by atoms with Crippen LogP contribution in [0.1, 0.15) is 17.2 Å². The smallest absolute Gasteiger partial charge is 0.126 e. The number of nitrogens with two attached hydrogens (primary N) is 1. The highest BCUT2D eigenvalue weighted by Gasteiger charge is 2.13. The minimum Gasteiger partial charge on any atom is -0.324 e. The van der Waals surface area contributed by atoms with Crippen LogP contribution in [-0.4, -0.2) is 4.98 Å². The predicted molar refractivity (Wildman–Crippen MR) is 83.8 cm³/mol. The lowest BCUT2D eigenvalue weighted by atomic mass is 9.96. The van der Waals surface area contributed by atoms with E-state index in [1.807, 2.05) is 30.3 Å². The summed E-state index contributed by atoms with van der Waals surface area (Å²) in [6.45, 7) is 0. The van der Waals surface area contributed by atoms with Crippen LogP contribution in [0.3, 0.4) is 0 Å². The van der Waals surface area contributed by atoms with Gasteiger partial charge in [-0.05, 0) is 47.9 Å². The Morgan fingerprint density at radius 1 is 1.14 bits per heavy atom. The van der Waals surface area contributed by atoms with Gasteiger partial charge in [0.2, 0.25) is 0 Å². The average molecular weight is 301 g/mol. The molecule has 0 bridgehead atoms. The first-order valence-corrected chi connectivity index (χ1v) is 7.06. The van der Waals surface area contributed by atoms with E-state index in [2.05, 4.69) is 4.98 Å². The standard InChI is InChI=1S/C17H14ClFN2/c18-12-5-6-15(19)11(9-12)10-16(20)13-7-8-21-17-4-2-1-3-14(13)17/h1-9,16H,10,20H2. The van der Waals surface area contributed by atoms with Crippen molar-refractivity contribution in [3.05, 3.63) is 76.7 Å². The van der Waals surface area contributed by atoms with Crippen LogP contribution in [0, 0.1) is 5.82 Å². The van der Waals surface area contributed by atoms with Crippen LogP contribution in [0.25, 0.3) is 10.9 Å². The first-order valence-electron chi connectivity index (χ1n) is 6.68. The number of rotatable bonds is 3. The zero-order chi connectivity index (χ0) is 14.8. The molecule has 0 aliphatic carbocycles. The highest BCUT2D eigenvalue weighted by atomic mass is 35.5.